The van der Waals surface area contributed by atoms with Crippen LogP contribution in [0, 0.1) is 5.82 Å². The summed E-state index contributed by atoms with van der Waals surface area (Å²) in [7, 11) is 0. The largest absolute Gasteiger partial charge is 0.444 e. The molecular weight excluding hydrogens is 365 g/mol. The summed E-state index contributed by atoms with van der Waals surface area (Å²) in [5.74, 6) is 0.153. The second kappa shape index (κ2) is 8.02. The fourth-order valence-corrected chi connectivity index (χ4v) is 3.91. The van der Waals surface area contributed by atoms with Crippen LogP contribution in [0.1, 0.15) is 22.5 Å². The van der Waals surface area contributed by atoms with E-state index in [9.17, 15) is 9.18 Å². The number of oxazole rings is 1. The maximum atomic E-state index is 13.4. The Balaban J connectivity index is 1.37. The number of carbonyl (C=O) groups is 1. The lowest BCUT2D eigenvalue weighted by atomic mass is 10.2. The van der Waals surface area contributed by atoms with E-state index < -0.39 is 0 Å². The molecule has 4 rings (SSSR count). The minimum Gasteiger partial charge on any atom is -0.444 e. The molecule has 1 amide bonds. The van der Waals surface area contributed by atoms with Gasteiger partial charge in [-0.1, -0.05) is 12.1 Å². The summed E-state index contributed by atoms with van der Waals surface area (Å²) in [6.45, 7) is 3.61. The molecule has 1 aliphatic heterocycles. The number of thiophene rings is 1. The summed E-state index contributed by atoms with van der Waals surface area (Å²) in [5, 5.41) is 2.00. The van der Waals surface area contributed by atoms with E-state index in [1.807, 2.05) is 17.5 Å². The molecule has 5 nitrogen and oxygen atoms in total. The normalized spacial score (nSPS) is 15.7. The van der Waals surface area contributed by atoms with E-state index in [2.05, 4.69) is 9.88 Å². The molecule has 3 aromatic rings. The Kier molecular flexibility index (Phi) is 5.31. The predicted molar refractivity (Wildman–Crippen MR) is 102 cm³/mol. The lowest BCUT2D eigenvalue weighted by molar-refractivity contribution is 0.0760. The van der Waals surface area contributed by atoms with E-state index in [0.29, 0.717) is 31.1 Å². The SMILES string of the molecule is O=C(c1cccc(F)c1)N1CCCN(Cc2coc(-c3cccs3)n2)CC1. The van der Waals surface area contributed by atoms with Crippen LogP contribution >= 0.6 is 11.3 Å². The van der Waals surface area contributed by atoms with Gasteiger partial charge >= 0.3 is 0 Å². The zero-order chi connectivity index (χ0) is 18.6. The quantitative estimate of drug-likeness (QED) is 0.684. The van der Waals surface area contributed by atoms with Gasteiger partial charge in [0.25, 0.3) is 5.91 Å². The zero-order valence-electron chi connectivity index (χ0n) is 14.8. The second-order valence-corrected chi connectivity index (χ2v) is 7.50. The highest BCUT2D eigenvalue weighted by Crippen LogP contribution is 2.24. The van der Waals surface area contributed by atoms with Gasteiger partial charge in [-0.2, -0.15) is 0 Å². The molecule has 0 atom stereocenters. The van der Waals surface area contributed by atoms with Crippen LogP contribution in [0.25, 0.3) is 10.8 Å². The van der Waals surface area contributed by atoms with Gasteiger partial charge in [0, 0.05) is 38.3 Å². The van der Waals surface area contributed by atoms with Crippen LogP contribution < -0.4 is 0 Å². The van der Waals surface area contributed by atoms with Crippen LogP contribution in [0.3, 0.4) is 0 Å². The first-order valence-electron chi connectivity index (χ1n) is 8.94. The molecular formula is C20H20FN3O2S. The average molecular weight is 385 g/mol. The number of nitrogens with zero attached hydrogens (tertiary/aromatic N) is 3. The van der Waals surface area contributed by atoms with Crippen LogP contribution in [0.4, 0.5) is 4.39 Å². The fourth-order valence-electron chi connectivity index (χ4n) is 3.26. The van der Waals surface area contributed by atoms with E-state index in [-0.39, 0.29) is 11.7 Å². The van der Waals surface area contributed by atoms with Crippen LogP contribution in [0.5, 0.6) is 0 Å². The molecule has 2 aromatic heterocycles. The predicted octanol–water partition coefficient (Wildman–Crippen LogP) is 3.89. The number of benzene rings is 1. The third kappa shape index (κ3) is 4.26. The zero-order valence-corrected chi connectivity index (χ0v) is 15.6. The van der Waals surface area contributed by atoms with E-state index in [1.165, 1.54) is 12.1 Å². The number of halogens is 1. The molecule has 1 saturated heterocycles. The molecule has 0 saturated carbocycles. The Morgan fingerprint density at radius 1 is 1.19 bits per heavy atom. The van der Waals surface area contributed by atoms with Gasteiger partial charge in [0.05, 0.1) is 10.6 Å². The lowest BCUT2D eigenvalue weighted by Crippen LogP contribution is -2.35. The number of aromatic nitrogens is 1. The highest BCUT2D eigenvalue weighted by Gasteiger charge is 2.21. The van der Waals surface area contributed by atoms with Crippen molar-refractivity contribution in [2.45, 2.75) is 13.0 Å². The van der Waals surface area contributed by atoms with Gasteiger partial charge in [0.1, 0.15) is 12.1 Å². The Morgan fingerprint density at radius 2 is 2.11 bits per heavy atom. The summed E-state index contributed by atoms with van der Waals surface area (Å²) in [4.78, 5) is 22.3. The van der Waals surface area contributed by atoms with Gasteiger partial charge in [-0.3, -0.25) is 9.69 Å². The van der Waals surface area contributed by atoms with Crippen molar-refractivity contribution in [1.29, 1.82) is 0 Å². The van der Waals surface area contributed by atoms with Crippen molar-refractivity contribution in [3.8, 4) is 10.8 Å². The summed E-state index contributed by atoms with van der Waals surface area (Å²) in [6, 6.07) is 9.85. The van der Waals surface area contributed by atoms with Crippen molar-refractivity contribution in [2.24, 2.45) is 0 Å². The molecule has 7 heteroatoms. The van der Waals surface area contributed by atoms with E-state index in [1.54, 1.807) is 34.6 Å². The maximum absolute atomic E-state index is 13.4. The van der Waals surface area contributed by atoms with Gasteiger partial charge < -0.3 is 9.32 Å². The molecule has 1 aromatic carbocycles. The lowest BCUT2D eigenvalue weighted by Gasteiger charge is -2.21. The molecule has 0 radical (unpaired) electrons. The monoisotopic (exact) mass is 385 g/mol. The van der Waals surface area contributed by atoms with Crippen molar-refractivity contribution in [3.05, 3.63) is 65.1 Å². The van der Waals surface area contributed by atoms with Crippen molar-refractivity contribution in [2.75, 3.05) is 26.2 Å². The smallest absolute Gasteiger partial charge is 0.254 e. The highest BCUT2D eigenvalue weighted by atomic mass is 32.1. The molecule has 1 fully saturated rings. The molecule has 0 unspecified atom stereocenters. The first-order chi connectivity index (χ1) is 13.2. The molecule has 3 heterocycles. The minimum absolute atomic E-state index is 0.113. The summed E-state index contributed by atoms with van der Waals surface area (Å²) in [6.07, 6.45) is 2.58. The van der Waals surface area contributed by atoms with E-state index in [0.717, 1.165) is 30.1 Å². The first-order valence-corrected chi connectivity index (χ1v) is 9.82. The van der Waals surface area contributed by atoms with Crippen LogP contribution in [0.15, 0.2) is 52.5 Å². The van der Waals surface area contributed by atoms with Crippen LogP contribution in [-0.4, -0.2) is 46.9 Å². The number of rotatable bonds is 4. The maximum Gasteiger partial charge on any atom is 0.254 e. The van der Waals surface area contributed by atoms with Gasteiger partial charge in [-0.05, 0) is 36.1 Å². The molecule has 0 aliphatic carbocycles. The van der Waals surface area contributed by atoms with Gasteiger partial charge in [-0.15, -0.1) is 11.3 Å². The van der Waals surface area contributed by atoms with Gasteiger partial charge in [0.2, 0.25) is 5.89 Å². The number of hydrogen-bond donors (Lipinski definition) is 0. The molecule has 0 bridgehead atoms. The standard InChI is InChI=1S/C20H20FN3O2S/c21-16-5-1-4-15(12-16)20(25)24-8-3-7-23(9-10-24)13-17-14-26-19(22-17)18-6-2-11-27-18/h1-2,4-6,11-12,14H,3,7-10,13H2. The first kappa shape index (κ1) is 17.9. The molecule has 0 N–H and O–H groups in total. The van der Waals surface area contributed by atoms with E-state index in [4.69, 9.17) is 4.42 Å². The number of hydrogen-bond acceptors (Lipinski definition) is 5. The molecule has 1 aliphatic rings. The Labute approximate surface area is 161 Å². The third-order valence-electron chi connectivity index (χ3n) is 4.62. The van der Waals surface area contributed by atoms with E-state index >= 15 is 0 Å². The van der Waals surface area contributed by atoms with Gasteiger partial charge in [-0.25, -0.2) is 9.37 Å². The molecule has 140 valence electrons. The Hall–Kier alpha value is -2.51. The molecule has 0 spiro atoms. The minimum atomic E-state index is -0.384. The average Bonchev–Trinajstić information content (AvgIpc) is 3.30. The summed E-state index contributed by atoms with van der Waals surface area (Å²) >= 11 is 1.60. The van der Waals surface area contributed by atoms with Crippen molar-refractivity contribution < 1.29 is 13.6 Å². The second-order valence-electron chi connectivity index (χ2n) is 6.55. The molecule has 27 heavy (non-hydrogen) atoms. The topological polar surface area (TPSA) is 49.6 Å². The third-order valence-corrected chi connectivity index (χ3v) is 5.47. The van der Waals surface area contributed by atoms with Crippen molar-refractivity contribution in [3.63, 3.8) is 0 Å². The Morgan fingerprint density at radius 3 is 2.93 bits per heavy atom. The highest BCUT2D eigenvalue weighted by molar-refractivity contribution is 7.13. The summed E-state index contributed by atoms with van der Waals surface area (Å²) in [5.41, 5.74) is 1.30. The van der Waals surface area contributed by atoms with Crippen molar-refractivity contribution >= 4 is 17.2 Å². The fraction of sp³-hybridized carbons (Fsp3) is 0.300. The van der Waals surface area contributed by atoms with Crippen LogP contribution in [-0.2, 0) is 6.54 Å². The number of amides is 1. The Bertz CT molecular complexity index is 910. The van der Waals surface area contributed by atoms with Crippen LogP contribution in [0.2, 0.25) is 0 Å². The van der Waals surface area contributed by atoms with Crippen molar-refractivity contribution in [1.82, 2.24) is 14.8 Å². The van der Waals surface area contributed by atoms with Gasteiger partial charge in [0.15, 0.2) is 0 Å². The summed E-state index contributed by atoms with van der Waals surface area (Å²) < 4.78 is 19.0. The number of carbonyl (C=O) groups excluding carboxylic acids is 1.